The first-order valence-electron chi connectivity index (χ1n) is 7.57. The van der Waals surface area contributed by atoms with Gasteiger partial charge in [0.2, 0.25) is 0 Å². The molecular weight excluding hydrogens is 320 g/mol. The Hall–Kier alpha value is -3.42. The van der Waals surface area contributed by atoms with Crippen LogP contribution in [-0.2, 0) is 11.9 Å². The molecule has 0 fully saturated rings. The minimum absolute atomic E-state index is 0.305. The van der Waals surface area contributed by atoms with E-state index in [1.54, 1.807) is 17.9 Å². The van der Waals surface area contributed by atoms with E-state index in [0.717, 1.165) is 22.3 Å². The predicted molar refractivity (Wildman–Crippen MR) is 96.1 cm³/mol. The number of nitrogens with zero attached hydrogens (tertiary/aromatic N) is 4. The van der Waals surface area contributed by atoms with E-state index < -0.39 is 5.91 Å². The number of carbonyl (C=O) groups excluding carboxylic acids is 1. The minimum Gasteiger partial charge on any atom is -0.399 e. The second-order valence-electron chi connectivity index (χ2n) is 5.49. The molecule has 0 unspecified atom stereocenters. The van der Waals surface area contributed by atoms with Crippen LogP contribution in [0.25, 0.3) is 11.0 Å². The van der Waals surface area contributed by atoms with Crippen molar-refractivity contribution >= 4 is 34.5 Å². The molecule has 0 saturated heterocycles. The van der Waals surface area contributed by atoms with Crippen LogP contribution in [0, 0.1) is 6.92 Å². The van der Waals surface area contributed by atoms with Gasteiger partial charge in [0.05, 0.1) is 28.5 Å². The molecule has 0 radical (unpaired) electrons. The van der Waals surface area contributed by atoms with Crippen molar-refractivity contribution in [1.29, 1.82) is 0 Å². The van der Waals surface area contributed by atoms with Crippen LogP contribution in [-0.4, -0.2) is 34.0 Å². The largest absolute Gasteiger partial charge is 0.399 e. The van der Waals surface area contributed by atoms with Crippen molar-refractivity contribution in [2.24, 2.45) is 17.9 Å². The number of benzene rings is 1. The molecule has 0 aliphatic heterocycles. The summed E-state index contributed by atoms with van der Waals surface area (Å²) in [5.74, 6) is -0.558. The normalized spacial score (nSPS) is 11.2. The number of aromatic nitrogens is 3. The summed E-state index contributed by atoms with van der Waals surface area (Å²) in [6.45, 7) is 1.86. The Bertz CT molecular complexity index is 977. The second-order valence-corrected chi connectivity index (χ2v) is 5.49. The molecule has 0 aliphatic rings. The Morgan fingerprint density at radius 1 is 1.44 bits per heavy atom. The summed E-state index contributed by atoms with van der Waals surface area (Å²) in [5.41, 5.74) is 9.47. The molecule has 0 aliphatic carbocycles. The summed E-state index contributed by atoms with van der Waals surface area (Å²) >= 11 is 0. The molecule has 8 nitrogen and oxygen atoms in total. The van der Waals surface area contributed by atoms with Gasteiger partial charge in [-0.1, -0.05) is 17.3 Å². The van der Waals surface area contributed by atoms with Crippen LogP contribution < -0.4 is 11.1 Å². The molecule has 1 amide bonds. The van der Waals surface area contributed by atoms with Crippen molar-refractivity contribution in [2.75, 3.05) is 12.4 Å². The lowest BCUT2D eigenvalue weighted by Crippen LogP contribution is -2.14. The van der Waals surface area contributed by atoms with Crippen LogP contribution in [0.15, 0.2) is 35.6 Å². The maximum absolute atomic E-state index is 11.9. The molecule has 8 heteroatoms. The lowest BCUT2D eigenvalue weighted by Gasteiger charge is -2.12. The van der Waals surface area contributed by atoms with Gasteiger partial charge in [-0.2, -0.15) is 5.10 Å². The first kappa shape index (κ1) is 16.4. The second kappa shape index (κ2) is 6.60. The van der Waals surface area contributed by atoms with Crippen LogP contribution >= 0.6 is 0 Å². The first-order valence-corrected chi connectivity index (χ1v) is 7.57. The van der Waals surface area contributed by atoms with Gasteiger partial charge < -0.3 is 15.9 Å². The molecule has 1 aromatic carbocycles. The van der Waals surface area contributed by atoms with Crippen LogP contribution in [0.1, 0.15) is 21.6 Å². The van der Waals surface area contributed by atoms with Crippen molar-refractivity contribution in [3.63, 3.8) is 0 Å². The van der Waals surface area contributed by atoms with E-state index in [4.69, 9.17) is 10.6 Å². The Balaban J connectivity index is 2.13. The van der Waals surface area contributed by atoms with E-state index in [1.807, 2.05) is 31.2 Å². The molecule has 3 N–H and O–H groups in total. The van der Waals surface area contributed by atoms with Crippen molar-refractivity contribution in [2.45, 2.75) is 6.92 Å². The van der Waals surface area contributed by atoms with Gasteiger partial charge in [0.1, 0.15) is 7.11 Å². The molecule has 25 heavy (non-hydrogen) atoms. The maximum Gasteiger partial charge on any atom is 0.252 e. The zero-order valence-electron chi connectivity index (χ0n) is 14.1. The zero-order valence-corrected chi connectivity index (χ0v) is 14.1. The number of anilines is 2. The topological polar surface area (TPSA) is 107 Å². The maximum atomic E-state index is 11.9. The average molecular weight is 338 g/mol. The lowest BCUT2D eigenvalue weighted by molar-refractivity contribution is 0.100. The number of oxime groups is 1. The van der Waals surface area contributed by atoms with Gasteiger partial charge >= 0.3 is 0 Å². The van der Waals surface area contributed by atoms with Crippen LogP contribution in [0.2, 0.25) is 0 Å². The van der Waals surface area contributed by atoms with Gasteiger partial charge in [0.15, 0.2) is 5.65 Å². The third-order valence-electron chi connectivity index (χ3n) is 3.76. The predicted octanol–water partition coefficient (Wildman–Crippen LogP) is 2.10. The van der Waals surface area contributed by atoms with E-state index in [1.165, 1.54) is 13.3 Å². The van der Waals surface area contributed by atoms with E-state index in [0.29, 0.717) is 16.9 Å². The van der Waals surface area contributed by atoms with Gasteiger partial charge in [-0.3, -0.25) is 9.48 Å². The summed E-state index contributed by atoms with van der Waals surface area (Å²) in [6, 6.07) is 7.52. The standard InChI is InChI=1S/C17H18N6O2/c1-10-14-15(13(16(18)24)9-19-17(14)23(2)22-10)21-12-6-4-5-11(7-12)8-20-25-3/h4-9H,1-3H3,(H2,18,24)(H,19,21). The van der Waals surface area contributed by atoms with Crippen LogP contribution in [0.4, 0.5) is 11.4 Å². The number of amides is 1. The minimum atomic E-state index is -0.558. The fourth-order valence-electron chi connectivity index (χ4n) is 2.68. The smallest absolute Gasteiger partial charge is 0.252 e. The highest BCUT2D eigenvalue weighted by molar-refractivity contribution is 6.07. The number of primary amides is 1. The number of nitrogens with two attached hydrogens (primary N) is 1. The molecule has 0 spiro atoms. The highest BCUT2D eigenvalue weighted by Crippen LogP contribution is 2.31. The summed E-state index contributed by atoms with van der Waals surface area (Å²) < 4.78 is 1.67. The summed E-state index contributed by atoms with van der Waals surface area (Å²) in [4.78, 5) is 20.9. The quantitative estimate of drug-likeness (QED) is 0.547. The van der Waals surface area contributed by atoms with E-state index >= 15 is 0 Å². The number of pyridine rings is 1. The number of hydrogen-bond acceptors (Lipinski definition) is 6. The molecule has 2 heterocycles. The number of fused-ring (bicyclic) bond motifs is 1. The van der Waals surface area contributed by atoms with Gasteiger partial charge in [-0.15, -0.1) is 0 Å². The van der Waals surface area contributed by atoms with Crippen molar-refractivity contribution in [1.82, 2.24) is 14.8 Å². The highest BCUT2D eigenvalue weighted by Gasteiger charge is 2.18. The fraction of sp³-hybridized carbons (Fsp3) is 0.176. The lowest BCUT2D eigenvalue weighted by atomic mass is 10.1. The zero-order chi connectivity index (χ0) is 18.0. The van der Waals surface area contributed by atoms with Crippen molar-refractivity contribution < 1.29 is 9.63 Å². The van der Waals surface area contributed by atoms with Crippen molar-refractivity contribution in [3.05, 3.63) is 47.3 Å². The van der Waals surface area contributed by atoms with Gasteiger partial charge in [0.25, 0.3) is 5.91 Å². The molecule has 0 atom stereocenters. The molecular formula is C17H18N6O2. The SMILES string of the molecule is CON=Cc1cccc(Nc2c(C(N)=O)cnc3c2c(C)nn3C)c1. The summed E-state index contributed by atoms with van der Waals surface area (Å²) in [5, 5.41) is 12.2. The van der Waals surface area contributed by atoms with E-state index in [9.17, 15) is 4.79 Å². The molecule has 3 rings (SSSR count). The Morgan fingerprint density at radius 2 is 2.24 bits per heavy atom. The molecule has 3 aromatic rings. The van der Waals surface area contributed by atoms with Gasteiger partial charge in [0, 0.05) is 18.9 Å². The van der Waals surface area contributed by atoms with Gasteiger partial charge in [-0.25, -0.2) is 4.98 Å². The van der Waals surface area contributed by atoms with E-state index in [-0.39, 0.29) is 0 Å². The number of nitrogens with one attached hydrogen (secondary N) is 1. The molecule has 2 aromatic heterocycles. The highest BCUT2D eigenvalue weighted by atomic mass is 16.6. The van der Waals surface area contributed by atoms with Crippen LogP contribution in [0.3, 0.4) is 0 Å². The monoisotopic (exact) mass is 338 g/mol. The number of hydrogen-bond donors (Lipinski definition) is 2. The third kappa shape index (κ3) is 3.14. The van der Waals surface area contributed by atoms with E-state index in [2.05, 4.69) is 20.6 Å². The van der Waals surface area contributed by atoms with Crippen LogP contribution in [0.5, 0.6) is 0 Å². The fourth-order valence-corrected chi connectivity index (χ4v) is 2.68. The third-order valence-corrected chi connectivity index (χ3v) is 3.76. The molecule has 0 bridgehead atoms. The van der Waals surface area contributed by atoms with Crippen molar-refractivity contribution in [3.8, 4) is 0 Å². The average Bonchev–Trinajstić information content (AvgIpc) is 2.88. The van der Waals surface area contributed by atoms with Gasteiger partial charge in [-0.05, 0) is 24.6 Å². The summed E-state index contributed by atoms with van der Waals surface area (Å²) in [6.07, 6.45) is 3.06. The Morgan fingerprint density at radius 3 is 2.96 bits per heavy atom. The number of carbonyl (C=O) groups is 1. The first-order chi connectivity index (χ1) is 12.0. The number of rotatable bonds is 5. The summed E-state index contributed by atoms with van der Waals surface area (Å²) in [7, 11) is 3.29. The number of aryl methyl sites for hydroxylation is 2. The Kier molecular flexibility index (Phi) is 4.34. The molecule has 0 saturated carbocycles. The molecule has 128 valence electrons. The Labute approximate surface area is 144 Å².